The van der Waals surface area contributed by atoms with E-state index in [2.05, 4.69) is 5.10 Å². The number of anilines is 1. The largest absolute Gasteiger partial charge is 0.494 e. The molecule has 0 spiro atoms. The van der Waals surface area contributed by atoms with Crippen molar-refractivity contribution >= 4 is 5.69 Å². The van der Waals surface area contributed by atoms with Crippen LogP contribution in [0.3, 0.4) is 0 Å². The van der Waals surface area contributed by atoms with Gasteiger partial charge in [-0.05, 0) is 30.3 Å². The van der Waals surface area contributed by atoms with Crippen molar-refractivity contribution in [2.45, 2.75) is 13.0 Å². The number of benzene rings is 1. The lowest BCUT2D eigenvalue weighted by Crippen LogP contribution is -2.22. The number of hydrogen-bond donors (Lipinski definition) is 1. The van der Waals surface area contributed by atoms with Crippen molar-refractivity contribution in [3.05, 3.63) is 52.9 Å². The molecule has 2 aromatic rings. The van der Waals surface area contributed by atoms with Gasteiger partial charge in [-0.2, -0.15) is 5.10 Å². The molecule has 94 valence electrons. The number of nitrogen functional groups attached to an aromatic ring is 1. The molecule has 0 aliphatic carbocycles. The highest BCUT2D eigenvalue weighted by Crippen LogP contribution is 2.13. The Morgan fingerprint density at radius 1 is 1.22 bits per heavy atom. The maximum Gasteiger partial charge on any atom is 0.266 e. The molecule has 0 bridgehead atoms. The fourth-order valence-corrected chi connectivity index (χ4v) is 1.52. The molecule has 0 unspecified atom stereocenters. The van der Waals surface area contributed by atoms with Crippen LogP contribution in [0.15, 0.2) is 47.4 Å². The van der Waals surface area contributed by atoms with Gasteiger partial charge in [0.2, 0.25) is 0 Å². The SMILES string of the molecule is Nc1ccc(OCCCn2ncccc2=O)cc1. The summed E-state index contributed by atoms with van der Waals surface area (Å²) < 4.78 is 6.95. The molecular weight excluding hydrogens is 230 g/mol. The predicted molar refractivity (Wildman–Crippen MR) is 69.5 cm³/mol. The minimum atomic E-state index is -0.0926. The number of nitrogens with two attached hydrogens (primary N) is 1. The molecule has 0 aliphatic rings. The van der Waals surface area contributed by atoms with E-state index in [1.165, 1.54) is 10.7 Å². The van der Waals surface area contributed by atoms with Crippen LogP contribution >= 0.6 is 0 Å². The Morgan fingerprint density at radius 2 is 2.00 bits per heavy atom. The van der Waals surface area contributed by atoms with Crippen LogP contribution < -0.4 is 16.0 Å². The standard InChI is InChI=1S/C13H15N3O2/c14-11-4-6-12(7-5-11)18-10-2-9-16-13(17)3-1-8-15-16/h1,3-8H,2,9-10,14H2. The number of rotatable bonds is 5. The Hall–Kier alpha value is -2.30. The van der Waals surface area contributed by atoms with Crippen molar-refractivity contribution < 1.29 is 4.74 Å². The maximum absolute atomic E-state index is 11.4. The van der Waals surface area contributed by atoms with E-state index in [4.69, 9.17) is 10.5 Å². The number of ether oxygens (including phenoxy) is 1. The number of hydrogen-bond acceptors (Lipinski definition) is 4. The summed E-state index contributed by atoms with van der Waals surface area (Å²) in [5, 5.41) is 3.97. The molecule has 0 saturated carbocycles. The molecule has 0 radical (unpaired) electrons. The summed E-state index contributed by atoms with van der Waals surface area (Å²) in [6.07, 6.45) is 2.32. The van der Waals surface area contributed by atoms with Crippen molar-refractivity contribution in [1.29, 1.82) is 0 Å². The van der Waals surface area contributed by atoms with E-state index in [1.807, 2.05) is 12.1 Å². The summed E-state index contributed by atoms with van der Waals surface area (Å²) in [6, 6.07) is 10.3. The van der Waals surface area contributed by atoms with Crippen LogP contribution in [0.2, 0.25) is 0 Å². The Balaban J connectivity index is 1.78. The second-order valence-corrected chi connectivity index (χ2v) is 3.86. The van der Waals surface area contributed by atoms with Crippen LogP contribution in [0.4, 0.5) is 5.69 Å². The molecule has 0 amide bonds. The molecule has 0 atom stereocenters. The number of aromatic nitrogens is 2. The average molecular weight is 245 g/mol. The van der Waals surface area contributed by atoms with Gasteiger partial charge in [0.15, 0.2) is 0 Å². The summed E-state index contributed by atoms with van der Waals surface area (Å²) in [6.45, 7) is 1.08. The van der Waals surface area contributed by atoms with Crippen LogP contribution in [0.1, 0.15) is 6.42 Å². The number of nitrogens with zero attached hydrogens (tertiary/aromatic N) is 2. The molecule has 1 heterocycles. The van der Waals surface area contributed by atoms with Crippen molar-refractivity contribution in [2.24, 2.45) is 0 Å². The second kappa shape index (κ2) is 5.86. The number of aryl methyl sites for hydroxylation is 1. The maximum atomic E-state index is 11.4. The predicted octanol–water partition coefficient (Wildman–Crippen LogP) is 1.29. The summed E-state index contributed by atoms with van der Waals surface area (Å²) in [4.78, 5) is 11.4. The van der Waals surface area contributed by atoms with E-state index in [9.17, 15) is 4.79 Å². The lowest BCUT2D eigenvalue weighted by atomic mass is 10.3. The second-order valence-electron chi connectivity index (χ2n) is 3.86. The van der Waals surface area contributed by atoms with E-state index >= 15 is 0 Å². The summed E-state index contributed by atoms with van der Waals surface area (Å²) in [5.41, 5.74) is 6.19. The highest BCUT2D eigenvalue weighted by atomic mass is 16.5. The zero-order valence-electron chi connectivity index (χ0n) is 9.95. The zero-order chi connectivity index (χ0) is 12.8. The van der Waals surface area contributed by atoms with Gasteiger partial charge in [0.1, 0.15) is 5.75 Å². The first-order chi connectivity index (χ1) is 8.75. The monoisotopic (exact) mass is 245 g/mol. The average Bonchev–Trinajstić information content (AvgIpc) is 2.39. The summed E-state index contributed by atoms with van der Waals surface area (Å²) >= 11 is 0. The third-order valence-electron chi connectivity index (χ3n) is 2.45. The Kier molecular flexibility index (Phi) is 3.96. The topological polar surface area (TPSA) is 70.1 Å². The first-order valence-electron chi connectivity index (χ1n) is 5.76. The van der Waals surface area contributed by atoms with Crippen molar-refractivity contribution in [3.63, 3.8) is 0 Å². The van der Waals surface area contributed by atoms with Gasteiger partial charge in [-0.1, -0.05) is 0 Å². The molecule has 0 aliphatic heterocycles. The molecule has 5 heteroatoms. The quantitative estimate of drug-likeness (QED) is 0.636. The van der Waals surface area contributed by atoms with Crippen molar-refractivity contribution in [1.82, 2.24) is 9.78 Å². The molecular formula is C13H15N3O2. The molecule has 1 aromatic carbocycles. The first kappa shape index (κ1) is 12.2. The van der Waals surface area contributed by atoms with E-state index < -0.39 is 0 Å². The molecule has 1 aromatic heterocycles. The van der Waals surface area contributed by atoms with Crippen LogP contribution in [0.5, 0.6) is 5.75 Å². The van der Waals surface area contributed by atoms with Gasteiger partial charge in [-0.15, -0.1) is 0 Å². The minimum Gasteiger partial charge on any atom is -0.494 e. The lowest BCUT2D eigenvalue weighted by Gasteiger charge is -2.07. The van der Waals surface area contributed by atoms with Gasteiger partial charge in [0.05, 0.1) is 6.61 Å². The van der Waals surface area contributed by atoms with E-state index in [1.54, 1.807) is 24.4 Å². The van der Waals surface area contributed by atoms with Gasteiger partial charge < -0.3 is 10.5 Å². The van der Waals surface area contributed by atoms with Gasteiger partial charge in [-0.3, -0.25) is 4.79 Å². The van der Waals surface area contributed by atoms with Gasteiger partial charge in [-0.25, -0.2) is 4.68 Å². The smallest absolute Gasteiger partial charge is 0.266 e. The van der Waals surface area contributed by atoms with Crippen LogP contribution in [-0.4, -0.2) is 16.4 Å². The Labute approximate surface area is 105 Å². The van der Waals surface area contributed by atoms with E-state index in [-0.39, 0.29) is 5.56 Å². The van der Waals surface area contributed by atoms with E-state index in [0.717, 1.165) is 12.2 Å². The molecule has 2 rings (SSSR count). The zero-order valence-corrected chi connectivity index (χ0v) is 9.95. The fourth-order valence-electron chi connectivity index (χ4n) is 1.52. The minimum absolute atomic E-state index is 0.0926. The van der Waals surface area contributed by atoms with Gasteiger partial charge in [0.25, 0.3) is 5.56 Å². The van der Waals surface area contributed by atoms with Crippen LogP contribution in [0, 0.1) is 0 Å². The first-order valence-corrected chi connectivity index (χ1v) is 5.76. The highest BCUT2D eigenvalue weighted by Gasteiger charge is 1.97. The lowest BCUT2D eigenvalue weighted by molar-refractivity contribution is 0.297. The third kappa shape index (κ3) is 3.35. The third-order valence-corrected chi connectivity index (χ3v) is 2.45. The van der Waals surface area contributed by atoms with E-state index in [0.29, 0.717) is 18.8 Å². The molecule has 0 fully saturated rings. The summed E-state index contributed by atoms with van der Waals surface area (Å²) in [5.74, 6) is 0.776. The Bertz CT molecular complexity index is 549. The van der Waals surface area contributed by atoms with Gasteiger partial charge >= 0.3 is 0 Å². The Morgan fingerprint density at radius 3 is 2.72 bits per heavy atom. The highest BCUT2D eigenvalue weighted by molar-refractivity contribution is 5.41. The van der Waals surface area contributed by atoms with Crippen LogP contribution in [-0.2, 0) is 6.54 Å². The summed E-state index contributed by atoms with van der Waals surface area (Å²) in [7, 11) is 0. The van der Waals surface area contributed by atoms with Crippen LogP contribution in [0.25, 0.3) is 0 Å². The van der Waals surface area contributed by atoms with Crippen molar-refractivity contribution in [3.8, 4) is 5.75 Å². The molecule has 18 heavy (non-hydrogen) atoms. The van der Waals surface area contributed by atoms with Gasteiger partial charge in [0, 0.05) is 30.9 Å². The molecule has 2 N–H and O–H groups in total. The molecule has 0 saturated heterocycles. The molecule has 5 nitrogen and oxygen atoms in total. The normalized spacial score (nSPS) is 10.2. The fraction of sp³-hybridized carbons (Fsp3) is 0.231. The van der Waals surface area contributed by atoms with Crippen molar-refractivity contribution in [2.75, 3.05) is 12.3 Å².